The summed E-state index contributed by atoms with van der Waals surface area (Å²) in [6.45, 7) is 0. The molecule has 0 heterocycles. The molecule has 1 rings (SSSR count). The first-order chi connectivity index (χ1) is 7.78. The number of hydrogen-bond donors (Lipinski definition) is 1. The van der Waals surface area contributed by atoms with Crippen molar-refractivity contribution in [3.05, 3.63) is 35.7 Å². The molecule has 2 N–H and O–H groups in total. The minimum absolute atomic E-state index is 0.231. The number of nitrogens with two attached hydrogens (primary N) is 1. The smallest absolute Gasteiger partial charge is 0.406 e. The third kappa shape index (κ3) is 4.54. The van der Waals surface area contributed by atoms with Crippen LogP contribution in [0.4, 0.5) is 17.6 Å². The zero-order chi connectivity index (χ0) is 13.1. The zero-order valence-corrected chi connectivity index (χ0v) is 8.29. The van der Waals surface area contributed by atoms with E-state index in [1.54, 1.807) is 0 Å². The van der Waals surface area contributed by atoms with Crippen LogP contribution in [0.5, 0.6) is 5.75 Å². The van der Waals surface area contributed by atoms with Crippen molar-refractivity contribution in [1.29, 1.82) is 0 Å². The summed E-state index contributed by atoms with van der Waals surface area (Å²) in [5, 5.41) is 0. The highest BCUT2D eigenvalue weighted by Crippen LogP contribution is 2.25. The van der Waals surface area contributed by atoms with Gasteiger partial charge in [0.25, 0.3) is 0 Å². The molecule has 0 unspecified atom stereocenters. The number of halogens is 4. The third-order valence-electron chi connectivity index (χ3n) is 1.63. The second-order valence-electron chi connectivity index (χ2n) is 2.97. The summed E-state index contributed by atoms with van der Waals surface area (Å²) in [6.07, 6.45) is -3.07. The molecule has 0 atom stereocenters. The second kappa shape index (κ2) is 4.86. The third-order valence-corrected chi connectivity index (χ3v) is 1.63. The molecule has 0 aromatic heterocycles. The number of benzene rings is 1. The summed E-state index contributed by atoms with van der Waals surface area (Å²) >= 11 is 0. The van der Waals surface area contributed by atoms with Crippen molar-refractivity contribution in [2.24, 2.45) is 5.73 Å². The first-order valence-electron chi connectivity index (χ1n) is 4.31. The molecule has 0 saturated carbocycles. The Kier molecular flexibility index (Phi) is 3.72. The fourth-order valence-corrected chi connectivity index (χ4v) is 1.02. The van der Waals surface area contributed by atoms with E-state index in [2.05, 4.69) is 4.74 Å². The van der Waals surface area contributed by atoms with Crippen molar-refractivity contribution in [3.63, 3.8) is 0 Å². The van der Waals surface area contributed by atoms with E-state index in [4.69, 9.17) is 5.73 Å². The summed E-state index contributed by atoms with van der Waals surface area (Å²) in [7, 11) is 0. The van der Waals surface area contributed by atoms with Crippen LogP contribution in [0.2, 0.25) is 0 Å². The standard InChI is InChI=1S/C10H7F4NO2/c11-8-3-2-7(17-10(12,13)14)5-6(8)1-4-9(15)16/h1-5H,(H2,15,16). The van der Waals surface area contributed by atoms with Gasteiger partial charge in [-0.05, 0) is 24.3 Å². The molecule has 3 nitrogen and oxygen atoms in total. The summed E-state index contributed by atoms with van der Waals surface area (Å²) in [5.41, 5.74) is 4.54. The molecule has 0 fully saturated rings. The van der Waals surface area contributed by atoms with Gasteiger partial charge in [0.15, 0.2) is 0 Å². The number of alkyl halides is 3. The van der Waals surface area contributed by atoms with Crippen LogP contribution in [0.3, 0.4) is 0 Å². The number of carbonyl (C=O) groups is 1. The lowest BCUT2D eigenvalue weighted by Crippen LogP contribution is -2.17. The van der Waals surface area contributed by atoms with Crippen LogP contribution in [0, 0.1) is 5.82 Å². The van der Waals surface area contributed by atoms with Gasteiger partial charge in [0, 0.05) is 11.6 Å². The van der Waals surface area contributed by atoms with E-state index in [-0.39, 0.29) is 5.56 Å². The fourth-order valence-electron chi connectivity index (χ4n) is 1.02. The molecule has 0 aliphatic carbocycles. The Morgan fingerprint density at radius 3 is 2.53 bits per heavy atom. The van der Waals surface area contributed by atoms with Gasteiger partial charge in [0.05, 0.1) is 0 Å². The molecule has 1 amide bonds. The Bertz CT molecular complexity index is 454. The average molecular weight is 249 g/mol. The molecule has 7 heteroatoms. The first kappa shape index (κ1) is 13.0. The first-order valence-corrected chi connectivity index (χ1v) is 4.31. The van der Waals surface area contributed by atoms with E-state index in [1.165, 1.54) is 0 Å². The second-order valence-corrected chi connectivity index (χ2v) is 2.97. The van der Waals surface area contributed by atoms with Crippen molar-refractivity contribution in [2.75, 3.05) is 0 Å². The fraction of sp³-hybridized carbons (Fsp3) is 0.100. The van der Waals surface area contributed by atoms with Gasteiger partial charge < -0.3 is 10.5 Å². The average Bonchev–Trinajstić information content (AvgIpc) is 2.16. The molecule has 0 radical (unpaired) electrons. The molecule has 1 aromatic rings. The molecule has 92 valence electrons. The van der Waals surface area contributed by atoms with Crippen molar-refractivity contribution in [1.82, 2.24) is 0 Å². The molecular weight excluding hydrogens is 242 g/mol. The van der Waals surface area contributed by atoms with E-state index in [0.29, 0.717) is 0 Å². The van der Waals surface area contributed by atoms with E-state index in [0.717, 1.165) is 30.4 Å². The lowest BCUT2D eigenvalue weighted by Gasteiger charge is -2.09. The highest BCUT2D eigenvalue weighted by molar-refractivity contribution is 5.90. The zero-order valence-electron chi connectivity index (χ0n) is 8.29. The maximum absolute atomic E-state index is 13.1. The van der Waals surface area contributed by atoms with Gasteiger partial charge in [0.1, 0.15) is 11.6 Å². The quantitative estimate of drug-likeness (QED) is 0.659. The Labute approximate surface area is 93.5 Å². The highest BCUT2D eigenvalue weighted by atomic mass is 19.4. The summed E-state index contributed by atoms with van der Waals surface area (Å²) in [5.74, 6) is -2.22. The number of rotatable bonds is 3. The van der Waals surface area contributed by atoms with E-state index < -0.39 is 23.8 Å². The van der Waals surface area contributed by atoms with Crippen LogP contribution in [-0.4, -0.2) is 12.3 Å². The molecule has 0 bridgehead atoms. The minimum atomic E-state index is -4.86. The van der Waals surface area contributed by atoms with Gasteiger partial charge in [-0.25, -0.2) is 4.39 Å². The topological polar surface area (TPSA) is 52.3 Å². The number of amides is 1. The largest absolute Gasteiger partial charge is 0.573 e. The minimum Gasteiger partial charge on any atom is -0.406 e. The van der Waals surface area contributed by atoms with Crippen molar-refractivity contribution in [3.8, 4) is 5.75 Å². The Hall–Kier alpha value is -2.05. The number of hydrogen-bond acceptors (Lipinski definition) is 2. The van der Waals surface area contributed by atoms with E-state index >= 15 is 0 Å². The predicted molar refractivity (Wildman–Crippen MR) is 51.3 cm³/mol. The molecule has 0 aliphatic heterocycles. The van der Waals surface area contributed by atoms with Crippen LogP contribution in [-0.2, 0) is 4.79 Å². The van der Waals surface area contributed by atoms with Crippen LogP contribution in [0.25, 0.3) is 6.08 Å². The summed E-state index contributed by atoms with van der Waals surface area (Å²) in [4.78, 5) is 10.4. The van der Waals surface area contributed by atoms with E-state index in [9.17, 15) is 22.4 Å². The van der Waals surface area contributed by atoms with Gasteiger partial charge in [-0.2, -0.15) is 0 Å². The maximum Gasteiger partial charge on any atom is 0.573 e. The van der Waals surface area contributed by atoms with E-state index in [1.807, 2.05) is 0 Å². The lowest BCUT2D eigenvalue weighted by atomic mass is 10.2. The molecule has 0 aliphatic rings. The van der Waals surface area contributed by atoms with Crippen LogP contribution in [0.15, 0.2) is 24.3 Å². The van der Waals surface area contributed by atoms with Crippen molar-refractivity contribution >= 4 is 12.0 Å². The Morgan fingerprint density at radius 1 is 1.35 bits per heavy atom. The monoisotopic (exact) mass is 249 g/mol. The van der Waals surface area contributed by atoms with Gasteiger partial charge in [0.2, 0.25) is 5.91 Å². The van der Waals surface area contributed by atoms with Crippen LogP contribution in [0.1, 0.15) is 5.56 Å². The van der Waals surface area contributed by atoms with Crippen LogP contribution >= 0.6 is 0 Å². The number of primary amides is 1. The van der Waals surface area contributed by atoms with Crippen LogP contribution < -0.4 is 10.5 Å². The Morgan fingerprint density at radius 2 is 2.00 bits per heavy atom. The molecule has 1 aromatic carbocycles. The SMILES string of the molecule is NC(=O)C=Cc1cc(OC(F)(F)F)ccc1F. The predicted octanol–water partition coefficient (Wildman–Crippen LogP) is 2.22. The number of carbonyl (C=O) groups excluding carboxylic acids is 1. The molecule has 17 heavy (non-hydrogen) atoms. The summed E-state index contributed by atoms with van der Waals surface area (Å²) in [6, 6.07) is 2.43. The van der Waals surface area contributed by atoms with Gasteiger partial charge in [-0.15, -0.1) is 13.2 Å². The van der Waals surface area contributed by atoms with Crippen molar-refractivity contribution in [2.45, 2.75) is 6.36 Å². The Balaban J connectivity index is 2.98. The summed E-state index contributed by atoms with van der Waals surface area (Å²) < 4.78 is 52.3. The lowest BCUT2D eigenvalue weighted by molar-refractivity contribution is -0.274. The maximum atomic E-state index is 13.1. The van der Waals surface area contributed by atoms with Gasteiger partial charge in [-0.3, -0.25) is 4.79 Å². The van der Waals surface area contributed by atoms with Gasteiger partial charge in [-0.1, -0.05) is 0 Å². The molecule has 0 spiro atoms. The normalized spacial score (nSPS) is 11.8. The molecule has 0 saturated heterocycles. The van der Waals surface area contributed by atoms with Gasteiger partial charge >= 0.3 is 6.36 Å². The molecular formula is C10H7F4NO2. The number of ether oxygens (including phenoxy) is 1. The highest BCUT2D eigenvalue weighted by Gasteiger charge is 2.31. The van der Waals surface area contributed by atoms with Crippen molar-refractivity contribution < 1.29 is 27.1 Å².